The van der Waals surface area contributed by atoms with E-state index < -0.39 is 0 Å². The normalized spacial score (nSPS) is 10.9. The number of hydrogen-bond acceptors (Lipinski definition) is 5. The summed E-state index contributed by atoms with van der Waals surface area (Å²) in [6, 6.07) is 9.36. The number of nitrogens with two attached hydrogens (primary N) is 1. The summed E-state index contributed by atoms with van der Waals surface area (Å²) in [5, 5.41) is 8.41. The number of nitrogens with zero attached hydrogens (tertiary/aromatic N) is 3. The Kier molecular flexibility index (Phi) is 5.58. The summed E-state index contributed by atoms with van der Waals surface area (Å²) in [6.45, 7) is 5.11. The fourth-order valence-corrected chi connectivity index (χ4v) is 3.71. The molecule has 2 aromatic heterocycles. The maximum atomic E-state index is 12.3. The molecule has 3 N–H and O–H groups in total. The largest absolute Gasteiger partial charge is 0.375 e. The maximum absolute atomic E-state index is 12.3. The van der Waals surface area contributed by atoms with Gasteiger partial charge in [0.05, 0.1) is 24.4 Å². The molecule has 0 aliphatic carbocycles. The van der Waals surface area contributed by atoms with Crippen molar-refractivity contribution >= 4 is 34.0 Å². The first-order valence-electron chi connectivity index (χ1n) is 8.21. The van der Waals surface area contributed by atoms with Crippen molar-refractivity contribution < 1.29 is 4.79 Å². The van der Waals surface area contributed by atoms with Gasteiger partial charge < -0.3 is 11.1 Å². The zero-order valence-corrected chi connectivity index (χ0v) is 16.2. The van der Waals surface area contributed by atoms with Crippen LogP contribution in [0, 0.1) is 13.8 Å². The van der Waals surface area contributed by atoms with Crippen LogP contribution in [0.3, 0.4) is 0 Å². The van der Waals surface area contributed by atoms with Gasteiger partial charge in [-0.2, -0.15) is 5.10 Å². The predicted octanol–water partition coefficient (Wildman–Crippen LogP) is 3.22. The third kappa shape index (κ3) is 4.42. The molecule has 1 aromatic carbocycles. The smallest absolute Gasteiger partial charge is 0.225 e. The number of aryl methyl sites for hydroxylation is 2. The quantitative estimate of drug-likeness (QED) is 0.677. The number of hydrogen-bond donors (Lipinski definition) is 2. The fraction of sp³-hybridized carbons (Fsp3) is 0.278. The zero-order chi connectivity index (χ0) is 18.7. The van der Waals surface area contributed by atoms with Crippen molar-refractivity contribution in [1.29, 1.82) is 0 Å². The Balaban J connectivity index is 1.62. The van der Waals surface area contributed by atoms with Crippen molar-refractivity contribution in [3.05, 3.63) is 51.6 Å². The van der Waals surface area contributed by atoms with Crippen LogP contribution in [0.15, 0.2) is 30.3 Å². The van der Waals surface area contributed by atoms with Crippen molar-refractivity contribution in [2.75, 3.05) is 12.3 Å². The Morgan fingerprint density at radius 1 is 1.31 bits per heavy atom. The lowest BCUT2D eigenvalue weighted by Crippen LogP contribution is -2.29. The summed E-state index contributed by atoms with van der Waals surface area (Å²) in [5.41, 5.74) is 9.54. The van der Waals surface area contributed by atoms with Crippen molar-refractivity contribution in [1.82, 2.24) is 20.1 Å². The summed E-state index contributed by atoms with van der Waals surface area (Å²) in [5.74, 6) is -0.0644. The van der Waals surface area contributed by atoms with Gasteiger partial charge in [0.15, 0.2) is 5.13 Å². The lowest BCUT2D eigenvalue weighted by atomic mass is 10.1. The molecule has 0 saturated heterocycles. The summed E-state index contributed by atoms with van der Waals surface area (Å²) in [4.78, 5) is 17.5. The molecule has 6 nitrogen and oxygen atoms in total. The van der Waals surface area contributed by atoms with Crippen LogP contribution in [0.2, 0.25) is 5.02 Å². The molecule has 0 saturated carbocycles. The standard InChI is InChI=1S/C18H20ClN5OS/c1-11-9-12(2)24(23-11)8-7-21-16(25)10-15-17(22-18(20)26-15)13-3-5-14(19)6-4-13/h3-6,9H,7-8,10H2,1-2H3,(H2,20,22)(H,21,25). The molecule has 26 heavy (non-hydrogen) atoms. The van der Waals surface area contributed by atoms with Gasteiger partial charge in [0.2, 0.25) is 5.91 Å². The molecule has 0 fully saturated rings. The molecule has 0 aliphatic rings. The Morgan fingerprint density at radius 3 is 2.69 bits per heavy atom. The molecule has 1 amide bonds. The van der Waals surface area contributed by atoms with Crippen molar-refractivity contribution in [3.8, 4) is 11.3 Å². The van der Waals surface area contributed by atoms with E-state index in [1.54, 1.807) is 12.1 Å². The third-order valence-electron chi connectivity index (χ3n) is 3.90. The van der Waals surface area contributed by atoms with E-state index >= 15 is 0 Å². The van der Waals surface area contributed by atoms with Crippen LogP contribution in [0.1, 0.15) is 16.3 Å². The van der Waals surface area contributed by atoms with E-state index in [9.17, 15) is 4.79 Å². The first kappa shape index (κ1) is 18.4. The minimum Gasteiger partial charge on any atom is -0.375 e. The Bertz CT molecular complexity index is 916. The average molecular weight is 390 g/mol. The maximum Gasteiger partial charge on any atom is 0.225 e. The van der Waals surface area contributed by atoms with Gasteiger partial charge in [-0.15, -0.1) is 11.3 Å². The second-order valence-corrected chi connectivity index (χ2v) is 7.56. The first-order chi connectivity index (χ1) is 12.4. The summed E-state index contributed by atoms with van der Waals surface area (Å²) in [7, 11) is 0. The topological polar surface area (TPSA) is 85.8 Å². The molecule has 3 aromatic rings. The fourth-order valence-electron chi connectivity index (χ4n) is 2.73. The molecule has 0 unspecified atom stereocenters. The zero-order valence-electron chi connectivity index (χ0n) is 14.6. The van der Waals surface area contributed by atoms with E-state index in [1.165, 1.54) is 11.3 Å². The van der Waals surface area contributed by atoms with Crippen LogP contribution in [0.5, 0.6) is 0 Å². The molecule has 8 heteroatoms. The number of benzene rings is 1. The number of amides is 1. The van der Waals surface area contributed by atoms with E-state index in [0.717, 1.165) is 27.5 Å². The van der Waals surface area contributed by atoms with Gasteiger partial charge in [-0.05, 0) is 32.0 Å². The third-order valence-corrected chi connectivity index (χ3v) is 5.04. The molecule has 0 radical (unpaired) electrons. The van der Waals surface area contributed by atoms with E-state index in [0.29, 0.717) is 23.2 Å². The molecule has 0 atom stereocenters. The highest BCUT2D eigenvalue weighted by Gasteiger charge is 2.15. The number of rotatable bonds is 6. The lowest BCUT2D eigenvalue weighted by molar-refractivity contribution is -0.120. The van der Waals surface area contributed by atoms with Crippen LogP contribution in [-0.2, 0) is 17.8 Å². The van der Waals surface area contributed by atoms with E-state index in [4.69, 9.17) is 17.3 Å². The molecular weight excluding hydrogens is 370 g/mol. The average Bonchev–Trinajstić information content (AvgIpc) is 3.10. The van der Waals surface area contributed by atoms with E-state index in [1.807, 2.05) is 36.7 Å². The Hall–Kier alpha value is -2.38. The molecule has 3 rings (SSSR count). The van der Waals surface area contributed by atoms with Gasteiger partial charge in [0.1, 0.15) is 0 Å². The van der Waals surface area contributed by atoms with Gasteiger partial charge in [-0.3, -0.25) is 9.48 Å². The number of aromatic nitrogens is 3. The minimum atomic E-state index is -0.0644. The predicted molar refractivity (Wildman–Crippen MR) is 105 cm³/mol. The molecule has 0 spiro atoms. The van der Waals surface area contributed by atoms with Gasteiger partial charge in [0, 0.05) is 27.7 Å². The van der Waals surface area contributed by atoms with Crippen LogP contribution < -0.4 is 11.1 Å². The van der Waals surface area contributed by atoms with Crippen molar-refractivity contribution in [2.45, 2.75) is 26.8 Å². The SMILES string of the molecule is Cc1cc(C)n(CCNC(=O)Cc2sc(N)nc2-c2ccc(Cl)cc2)n1. The number of nitrogen functional groups attached to an aromatic ring is 1. The minimum absolute atomic E-state index is 0.0644. The van der Waals surface area contributed by atoms with Gasteiger partial charge >= 0.3 is 0 Å². The van der Waals surface area contributed by atoms with Crippen molar-refractivity contribution in [3.63, 3.8) is 0 Å². The summed E-state index contributed by atoms with van der Waals surface area (Å²) < 4.78 is 1.89. The number of carbonyl (C=O) groups excluding carboxylic acids is 1. The highest BCUT2D eigenvalue weighted by Crippen LogP contribution is 2.30. The van der Waals surface area contributed by atoms with Gasteiger partial charge in [-0.25, -0.2) is 4.98 Å². The number of halogens is 1. The highest BCUT2D eigenvalue weighted by molar-refractivity contribution is 7.15. The molecule has 0 bridgehead atoms. The van der Waals surface area contributed by atoms with Crippen LogP contribution in [0.4, 0.5) is 5.13 Å². The molecule has 136 valence electrons. The summed E-state index contributed by atoms with van der Waals surface area (Å²) in [6.07, 6.45) is 0.240. The number of nitrogens with one attached hydrogen (secondary N) is 1. The molecule has 0 aliphatic heterocycles. The van der Waals surface area contributed by atoms with Crippen LogP contribution in [-0.4, -0.2) is 27.2 Å². The van der Waals surface area contributed by atoms with Gasteiger partial charge in [-0.1, -0.05) is 23.7 Å². The summed E-state index contributed by atoms with van der Waals surface area (Å²) >= 11 is 7.27. The number of carbonyl (C=O) groups is 1. The Morgan fingerprint density at radius 2 is 2.04 bits per heavy atom. The number of anilines is 1. The van der Waals surface area contributed by atoms with E-state index in [-0.39, 0.29) is 12.3 Å². The van der Waals surface area contributed by atoms with E-state index in [2.05, 4.69) is 15.4 Å². The number of thiazole rings is 1. The molecular formula is C18H20ClN5OS. The van der Waals surface area contributed by atoms with Crippen LogP contribution in [0.25, 0.3) is 11.3 Å². The molecule has 2 heterocycles. The Labute approximate surface area is 161 Å². The monoisotopic (exact) mass is 389 g/mol. The lowest BCUT2D eigenvalue weighted by Gasteiger charge is -2.07. The highest BCUT2D eigenvalue weighted by atomic mass is 35.5. The second-order valence-electron chi connectivity index (χ2n) is 6.01. The van der Waals surface area contributed by atoms with Crippen molar-refractivity contribution in [2.24, 2.45) is 0 Å². The second kappa shape index (κ2) is 7.88. The first-order valence-corrected chi connectivity index (χ1v) is 9.40. The van der Waals surface area contributed by atoms with Crippen LogP contribution >= 0.6 is 22.9 Å². The van der Waals surface area contributed by atoms with Gasteiger partial charge in [0.25, 0.3) is 0 Å².